The second-order valence-corrected chi connectivity index (χ2v) is 10.3. The van der Waals surface area contributed by atoms with E-state index in [0.717, 1.165) is 43.5 Å². The Morgan fingerprint density at radius 1 is 1.22 bits per heavy atom. The third-order valence-electron chi connectivity index (χ3n) is 7.28. The first-order valence-electron chi connectivity index (χ1n) is 10.8. The van der Waals surface area contributed by atoms with Crippen molar-refractivity contribution >= 4 is 33.3 Å². The Labute approximate surface area is 188 Å². The van der Waals surface area contributed by atoms with E-state index in [2.05, 4.69) is 10.00 Å². The molecule has 9 heteroatoms. The summed E-state index contributed by atoms with van der Waals surface area (Å²) in [5.74, 6) is 0.115. The number of anilines is 1. The van der Waals surface area contributed by atoms with Crippen molar-refractivity contribution in [2.45, 2.75) is 38.1 Å². The standard InChI is InChI=1S/C23H22F2N6S/c1-22(6-7-22)21(27)32-19(26)15-12-28-31-9-5-18(29-20(15)31)30-8-4-13-11-23(13,30)16-10-14(24)2-3-17(16)25/h2-3,5,9-10,12-13,26-27H,4,6-8,11H2,1H3/t13-,23+/m0/s1. The SMILES string of the molecule is CC1(C(=N)SC(=N)c2cnn3ccc(N4CC[C@H]5C[C@]54c4cc(F)ccc4F)nc23)CC1. The number of aromatic nitrogens is 3. The maximum absolute atomic E-state index is 14.7. The smallest absolute Gasteiger partial charge is 0.167 e. The average Bonchev–Trinajstić information content (AvgIpc) is 3.61. The minimum Gasteiger partial charge on any atom is -0.346 e. The summed E-state index contributed by atoms with van der Waals surface area (Å²) in [4.78, 5) is 6.89. The van der Waals surface area contributed by atoms with E-state index in [0.29, 0.717) is 34.2 Å². The molecule has 164 valence electrons. The van der Waals surface area contributed by atoms with Crippen LogP contribution in [-0.4, -0.2) is 31.2 Å². The van der Waals surface area contributed by atoms with E-state index in [1.807, 2.05) is 13.0 Å². The highest BCUT2D eigenvalue weighted by molar-refractivity contribution is 8.26. The van der Waals surface area contributed by atoms with Gasteiger partial charge in [0.05, 0.1) is 22.3 Å². The van der Waals surface area contributed by atoms with Gasteiger partial charge in [-0.2, -0.15) is 5.10 Å². The summed E-state index contributed by atoms with van der Waals surface area (Å²) in [6, 6.07) is 5.50. The number of hydrogen-bond donors (Lipinski definition) is 2. The first kappa shape index (κ1) is 19.8. The molecule has 2 N–H and O–H groups in total. The summed E-state index contributed by atoms with van der Waals surface area (Å²) in [5.41, 5.74) is 0.833. The van der Waals surface area contributed by atoms with Crippen molar-refractivity contribution in [1.29, 1.82) is 10.8 Å². The third kappa shape index (κ3) is 2.83. The summed E-state index contributed by atoms with van der Waals surface area (Å²) >= 11 is 1.16. The molecule has 6 nitrogen and oxygen atoms in total. The molecule has 1 saturated heterocycles. The van der Waals surface area contributed by atoms with Gasteiger partial charge in [0, 0.05) is 23.7 Å². The topological polar surface area (TPSA) is 81.1 Å². The normalized spacial score (nSPS) is 25.1. The van der Waals surface area contributed by atoms with Crippen molar-refractivity contribution in [3.05, 3.63) is 59.4 Å². The number of benzene rings is 1. The zero-order valence-corrected chi connectivity index (χ0v) is 18.3. The van der Waals surface area contributed by atoms with Gasteiger partial charge in [-0.15, -0.1) is 0 Å². The van der Waals surface area contributed by atoms with Crippen LogP contribution >= 0.6 is 11.8 Å². The fourth-order valence-corrected chi connectivity index (χ4v) is 5.87. The summed E-state index contributed by atoms with van der Waals surface area (Å²) < 4.78 is 30.3. The van der Waals surface area contributed by atoms with Gasteiger partial charge < -0.3 is 4.90 Å². The van der Waals surface area contributed by atoms with Crippen molar-refractivity contribution in [3.63, 3.8) is 0 Å². The predicted octanol–water partition coefficient (Wildman–Crippen LogP) is 4.97. The first-order valence-corrected chi connectivity index (χ1v) is 11.6. The molecule has 1 aromatic carbocycles. The van der Waals surface area contributed by atoms with Crippen LogP contribution in [0.25, 0.3) is 5.65 Å². The van der Waals surface area contributed by atoms with Crippen LogP contribution in [0, 0.1) is 33.8 Å². The number of halogens is 2. The van der Waals surface area contributed by atoms with Crippen molar-refractivity contribution in [2.24, 2.45) is 11.3 Å². The molecule has 32 heavy (non-hydrogen) atoms. The molecule has 0 spiro atoms. The Morgan fingerprint density at radius 3 is 2.78 bits per heavy atom. The van der Waals surface area contributed by atoms with Crippen LogP contribution in [0.4, 0.5) is 14.6 Å². The minimum atomic E-state index is -0.567. The van der Waals surface area contributed by atoms with E-state index >= 15 is 0 Å². The lowest BCUT2D eigenvalue weighted by Gasteiger charge is -2.30. The highest BCUT2D eigenvalue weighted by Gasteiger charge is 2.64. The van der Waals surface area contributed by atoms with Crippen molar-refractivity contribution < 1.29 is 8.78 Å². The second kappa shape index (κ2) is 6.60. The Hall–Kier alpha value is -2.81. The molecule has 0 bridgehead atoms. The zero-order chi connectivity index (χ0) is 22.3. The molecule has 0 amide bonds. The molecule has 2 aromatic heterocycles. The van der Waals surface area contributed by atoms with E-state index in [4.69, 9.17) is 15.8 Å². The van der Waals surface area contributed by atoms with E-state index in [9.17, 15) is 8.78 Å². The molecule has 3 aromatic rings. The van der Waals surface area contributed by atoms with Crippen molar-refractivity contribution in [3.8, 4) is 0 Å². The first-order chi connectivity index (χ1) is 15.3. The van der Waals surface area contributed by atoms with Crippen LogP contribution in [0.15, 0.2) is 36.7 Å². The van der Waals surface area contributed by atoms with Crippen LogP contribution in [0.5, 0.6) is 0 Å². The summed E-state index contributed by atoms with van der Waals surface area (Å²) in [6.07, 6.45) is 7.04. The Bertz CT molecular complexity index is 1300. The number of fused-ring (bicyclic) bond motifs is 2. The third-order valence-corrected chi connectivity index (χ3v) is 8.40. The maximum Gasteiger partial charge on any atom is 0.167 e. The Kier molecular flexibility index (Phi) is 4.09. The van der Waals surface area contributed by atoms with Gasteiger partial charge in [0.2, 0.25) is 0 Å². The average molecular weight is 453 g/mol. The lowest BCUT2D eigenvalue weighted by atomic mass is 10.0. The Balaban J connectivity index is 1.36. The molecular formula is C23H22F2N6S. The number of rotatable bonds is 4. The lowest BCUT2D eigenvalue weighted by Crippen LogP contribution is -2.34. The zero-order valence-electron chi connectivity index (χ0n) is 17.5. The molecule has 3 aliphatic rings. The molecule has 0 unspecified atom stereocenters. The van der Waals surface area contributed by atoms with E-state index < -0.39 is 17.2 Å². The number of hydrogen-bond acceptors (Lipinski definition) is 6. The van der Waals surface area contributed by atoms with Crippen LogP contribution in [-0.2, 0) is 5.54 Å². The van der Waals surface area contributed by atoms with Crippen molar-refractivity contribution in [1.82, 2.24) is 14.6 Å². The summed E-state index contributed by atoms with van der Waals surface area (Å²) in [5, 5.41) is 21.9. The van der Waals surface area contributed by atoms with Gasteiger partial charge in [-0.25, -0.2) is 18.3 Å². The van der Waals surface area contributed by atoms with Gasteiger partial charge in [0.1, 0.15) is 22.5 Å². The molecule has 2 saturated carbocycles. The quantitative estimate of drug-likeness (QED) is 0.433. The number of nitrogens with one attached hydrogen (secondary N) is 2. The van der Waals surface area contributed by atoms with E-state index in [1.165, 1.54) is 12.1 Å². The van der Waals surface area contributed by atoms with E-state index in [-0.39, 0.29) is 16.4 Å². The van der Waals surface area contributed by atoms with E-state index in [1.54, 1.807) is 16.9 Å². The van der Waals surface area contributed by atoms with Gasteiger partial charge in [-0.05, 0) is 55.9 Å². The molecule has 6 rings (SSSR count). The number of thioether (sulfide) groups is 1. The highest BCUT2D eigenvalue weighted by Crippen LogP contribution is 2.63. The molecule has 2 aliphatic carbocycles. The molecule has 3 heterocycles. The van der Waals surface area contributed by atoms with Gasteiger partial charge in [-0.3, -0.25) is 10.8 Å². The Morgan fingerprint density at radius 2 is 2.03 bits per heavy atom. The lowest BCUT2D eigenvalue weighted by molar-refractivity contribution is 0.544. The fourth-order valence-electron chi connectivity index (χ4n) is 4.96. The van der Waals surface area contributed by atoms with Crippen LogP contribution in [0.1, 0.15) is 43.7 Å². The van der Waals surface area contributed by atoms with Crippen LogP contribution in [0.2, 0.25) is 0 Å². The monoisotopic (exact) mass is 452 g/mol. The molecule has 1 aliphatic heterocycles. The summed E-state index contributed by atoms with van der Waals surface area (Å²) in [7, 11) is 0. The summed E-state index contributed by atoms with van der Waals surface area (Å²) in [6.45, 7) is 2.76. The number of nitrogens with zero attached hydrogens (tertiary/aromatic N) is 4. The number of piperidine rings is 1. The maximum atomic E-state index is 14.7. The van der Waals surface area contributed by atoms with Gasteiger partial charge in [0.25, 0.3) is 0 Å². The van der Waals surface area contributed by atoms with Gasteiger partial charge >= 0.3 is 0 Å². The largest absolute Gasteiger partial charge is 0.346 e. The van der Waals surface area contributed by atoms with Crippen LogP contribution in [0.3, 0.4) is 0 Å². The highest BCUT2D eigenvalue weighted by atomic mass is 32.2. The molecular weight excluding hydrogens is 430 g/mol. The van der Waals surface area contributed by atoms with Crippen molar-refractivity contribution in [2.75, 3.05) is 11.4 Å². The molecule has 0 radical (unpaired) electrons. The van der Waals surface area contributed by atoms with Crippen LogP contribution < -0.4 is 4.90 Å². The fraction of sp³-hybridized carbons (Fsp3) is 0.391. The van der Waals surface area contributed by atoms with Gasteiger partial charge in [-0.1, -0.05) is 18.7 Å². The molecule has 2 atom stereocenters. The molecule has 3 fully saturated rings. The second-order valence-electron chi connectivity index (χ2n) is 9.32. The predicted molar refractivity (Wildman–Crippen MR) is 121 cm³/mol. The van der Waals surface area contributed by atoms with Gasteiger partial charge in [0.15, 0.2) is 5.65 Å². The minimum absolute atomic E-state index is 0.101.